The molecular weight excluding hydrogens is 711 g/mol. The number of carbonyl (C=O) groups excluding carboxylic acids is 3. The zero-order chi connectivity index (χ0) is 38.8. The number of aromatic nitrogens is 5. The smallest absolute Gasteiger partial charge is 0.346 e. The summed E-state index contributed by atoms with van der Waals surface area (Å²) >= 11 is 0. The Morgan fingerprint density at radius 3 is 2.25 bits per heavy atom. The number of hydrogen-bond donors (Lipinski definition) is 3. The van der Waals surface area contributed by atoms with E-state index in [1.54, 1.807) is 13.2 Å². The summed E-state index contributed by atoms with van der Waals surface area (Å²) in [4.78, 5) is 65.5. The fraction of sp³-hybridized carbons (Fsp3) is 0.488. The van der Waals surface area contributed by atoms with Crippen molar-refractivity contribution in [2.75, 3.05) is 60.9 Å². The lowest BCUT2D eigenvalue weighted by Gasteiger charge is -2.38. The van der Waals surface area contributed by atoms with Gasteiger partial charge >= 0.3 is 5.69 Å². The fourth-order valence-corrected chi connectivity index (χ4v) is 8.73. The van der Waals surface area contributed by atoms with Crippen molar-refractivity contribution in [2.24, 2.45) is 18.7 Å². The first kappa shape index (κ1) is 37.4. The van der Waals surface area contributed by atoms with Crippen LogP contribution in [0.1, 0.15) is 85.8 Å². The highest BCUT2D eigenvalue weighted by Gasteiger charge is 2.32. The number of benzene rings is 2. The number of amides is 3. The second-order valence-corrected chi connectivity index (χ2v) is 15.7. The molecule has 2 aromatic heterocycles. The summed E-state index contributed by atoms with van der Waals surface area (Å²) in [6.07, 6.45) is 10.1. The molecule has 4 N–H and O–H groups in total. The Morgan fingerprint density at radius 2 is 1.57 bits per heavy atom. The Labute approximate surface area is 326 Å². The average Bonchev–Trinajstić information content (AvgIpc) is 3.51. The van der Waals surface area contributed by atoms with Crippen molar-refractivity contribution in [2.45, 2.75) is 69.7 Å². The van der Waals surface area contributed by atoms with E-state index in [1.807, 2.05) is 12.1 Å². The maximum Gasteiger partial charge on any atom is 0.346 e. The lowest BCUT2D eigenvalue weighted by Crippen LogP contribution is -2.44. The first-order valence-electron chi connectivity index (χ1n) is 20.1. The van der Waals surface area contributed by atoms with Gasteiger partial charge in [0.05, 0.1) is 6.20 Å². The van der Waals surface area contributed by atoms with Gasteiger partial charge in [0.1, 0.15) is 11.9 Å². The molecule has 1 unspecified atom stereocenters. The molecule has 294 valence electrons. The van der Waals surface area contributed by atoms with Gasteiger partial charge in [-0.3, -0.25) is 24.3 Å². The van der Waals surface area contributed by atoms with Gasteiger partial charge in [-0.25, -0.2) is 19.4 Å². The standard InChI is InChI=1S/C41H51N11O4/c1-48-39(47-52(41(48)56)33-13-14-35(53)46-40(33)55)30-7-11-32(12-8-30)50-23-15-27(16-24-50)26-49-21-17-29(18-22-49)28-5-9-31(10-6-28)44-38-36(37(42)54)43-25-34(45-38)51-19-3-2-4-20-51/h5-12,25,27,29,33H,2-4,13-24,26H2,1H3,(H2,42,54)(H,44,45)(H,46,53,55). The maximum absolute atomic E-state index is 13.0. The van der Waals surface area contributed by atoms with Gasteiger partial charge in [-0.05, 0) is 118 Å². The highest BCUT2D eigenvalue weighted by Crippen LogP contribution is 2.32. The molecule has 4 saturated heterocycles. The summed E-state index contributed by atoms with van der Waals surface area (Å²) in [6.45, 7) is 7.19. The van der Waals surface area contributed by atoms with Crippen LogP contribution in [0.5, 0.6) is 0 Å². The number of anilines is 4. The molecule has 8 rings (SSSR count). The summed E-state index contributed by atoms with van der Waals surface area (Å²) in [5.41, 5.74) is 9.55. The fourth-order valence-electron chi connectivity index (χ4n) is 8.73. The maximum atomic E-state index is 13.0. The first-order valence-corrected chi connectivity index (χ1v) is 20.1. The van der Waals surface area contributed by atoms with E-state index in [9.17, 15) is 19.2 Å². The van der Waals surface area contributed by atoms with Crippen LogP contribution in [0.25, 0.3) is 11.4 Å². The molecule has 1 atom stereocenters. The number of carbonyl (C=O) groups is 3. The van der Waals surface area contributed by atoms with E-state index in [0.717, 1.165) is 107 Å². The van der Waals surface area contributed by atoms with Crippen LogP contribution in [0.2, 0.25) is 0 Å². The van der Waals surface area contributed by atoms with E-state index in [0.29, 0.717) is 23.5 Å². The van der Waals surface area contributed by atoms with E-state index in [4.69, 9.17) is 10.7 Å². The largest absolute Gasteiger partial charge is 0.372 e. The van der Waals surface area contributed by atoms with Gasteiger partial charge in [0.25, 0.3) is 11.8 Å². The Hall–Kier alpha value is -5.57. The Balaban J connectivity index is 0.804. The second-order valence-electron chi connectivity index (χ2n) is 15.7. The molecule has 15 nitrogen and oxygen atoms in total. The number of primary amides is 1. The van der Waals surface area contributed by atoms with Crippen molar-refractivity contribution in [3.8, 4) is 11.4 Å². The molecule has 6 heterocycles. The van der Waals surface area contributed by atoms with Crippen LogP contribution in [0.3, 0.4) is 0 Å². The van der Waals surface area contributed by atoms with E-state index < -0.39 is 17.9 Å². The topological polar surface area (TPSA) is 177 Å². The van der Waals surface area contributed by atoms with Crippen molar-refractivity contribution in [3.63, 3.8) is 0 Å². The van der Waals surface area contributed by atoms with Crippen molar-refractivity contribution in [1.82, 2.24) is 34.5 Å². The normalized spacial score (nSPS) is 20.3. The number of hydrogen-bond acceptors (Lipinski definition) is 11. The third-order valence-corrected chi connectivity index (χ3v) is 12.0. The molecule has 4 fully saturated rings. The molecule has 0 aliphatic carbocycles. The predicted octanol–water partition coefficient (Wildman–Crippen LogP) is 3.95. The molecule has 15 heteroatoms. The first-order chi connectivity index (χ1) is 27.2. The molecule has 4 aromatic rings. The van der Waals surface area contributed by atoms with Crippen LogP contribution < -0.4 is 31.9 Å². The van der Waals surface area contributed by atoms with Gasteiger partial charge in [-0.1, -0.05) is 12.1 Å². The van der Waals surface area contributed by atoms with Gasteiger partial charge in [0.2, 0.25) is 5.91 Å². The number of imide groups is 1. The number of nitrogens with zero attached hydrogens (tertiary/aromatic N) is 8. The minimum absolute atomic E-state index is 0.146. The van der Waals surface area contributed by atoms with E-state index in [2.05, 4.69) is 71.8 Å². The van der Waals surface area contributed by atoms with E-state index in [-0.39, 0.29) is 30.1 Å². The van der Waals surface area contributed by atoms with Crippen molar-refractivity contribution < 1.29 is 14.4 Å². The van der Waals surface area contributed by atoms with Crippen molar-refractivity contribution in [3.05, 3.63) is 76.5 Å². The van der Waals surface area contributed by atoms with Gasteiger partial charge in [-0.15, -0.1) is 5.10 Å². The molecule has 2 aromatic carbocycles. The number of nitrogens with two attached hydrogens (primary N) is 1. The Morgan fingerprint density at radius 1 is 0.857 bits per heavy atom. The number of nitrogens with one attached hydrogen (secondary N) is 2. The molecule has 4 aliphatic heterocycles. The van der Waals surface area contributed by atoms with Crippen molar-refractivity contribution in [1.29, 1.82) is 0 Å². The summed E-state index contributed by atoms with van der Waals surface area (Å²) in [5.74, 6) is 1.42. The minimum atomic E-state index is -0.788. The molecule has 0 radical (unpaired) electrons. The van der Waals surface area contributed by atoms with Crippen LogP contribution in [-0.2, 0) is 16.6 Å². The molecule has 56 heavy (non-hydrogen) atoms. The molecular formula is C41H51N11O4. The lowest BCUT2D eigenvalue weighted by molar-refractivity contribution is -0.136. The van der Waals surface area contributed by atoms with Gasteiger partial charge < -0.3 is 25.8 Å². The quantitative estimate of drug-likeness (QED) is 0.200. The van der Waals surface area contributed by atoms with E-state index in [1.165, 1.54) is 21.2 Å². The zero-order valence-corrected chi connectivity index (χ0v) is 32.0. The predicted molar refractivity (Wildman–Crippen MR) is 214 cm³/mol. The van der Waals surface area contributed by atoms with Crippen LogP contribution in [-0.4, -0.2) is 92.8 Å². The zero-order valence-electron chi connectivity index (χ0n) is 32.0. The van der Waals surface area contributed by atoms with Crippen LogP contribution in [0.4, 0.5) is 23.0 Å². The van der Waals surface area contributed by atoms with Crippen LogP contribution in [0, 0.1) is 5.92 Å². The Kier molecular flexibility index (Phi) is 10.9. The highest BCUT2D eigenvalue weighted by atomic mass is 16.2. The van der Waals surface area contributed by atoms with Crippen molar-refractivity contribution >= 4 is 40.7 Å². The number of rotatable bonds is 10. The van der Waals surface area contributed by atoms with Crippen LogP contribution in [0.15, 0.2) is 59.5 Å². The summed E-state index contributed by atoms with van der Waals surface area (Å²) in [7, 11) is 1.65. The molecule has 0 saturated carbocycles. The Bertz CT molecular complexity index is 2110. The monoisotopic (exact) mass is 761 g/mol. The van der Waals surface area contributed by atoms with E-state index >= 15 is 0 Å². The summed E-state index contributed by atoms with van der Waals surface area (Å²) in [5, 5.41) is 10.1. The van der Waals surface area contributed by atoms with Gasteiger partial charge in [0, 0.05) is 63.1 Å². The van der Waals surface area contributed by atoms with Crippen LogP contribution >= 0.6 is 0 Å². The molecule has 3 amide bonds. The number of likely N-dealkylation sites (tertiary alicyclic amines) is 1. The highest BCUT2D eigenvalue weighted by molar-refractivity contribution is 5.99. The SMILES string of the molecule is Cn1c(-c2ccc(N3CCC(CN4CCC(c5ccc(Nc6nc(N7CCCCC7)cnc6C(N)=O)cc5)CC4)CC3)cc2)nn(C2CCC(=O)NC2=O)c1=O. The average molecular weight is 762 g/mol. The molecule has 4 aliphatic rings. The van der Waals surface area contributed by atoms with Gasteiger partial charge in [-0.2, -0.15) is 0 Å². The third kappa shape index (κ3) is 8.04. The summed E-state index contributed by atoms with van der Waals surface area (Å²) < 4.78 is 2.65. The minimum Gasteiger partial charge on any atom is -0.372 e. The molecule has 0 spiro atoms. The molecule has 0 bridgehead atoms. The summed E-state index contributed by atoms with van der Waals surface area (Å²) in [6, 6.07) is 15.8. The number of piperidine rings is 4. The van der Waals surface area contributed by atoms with Gasteiger partial charge in [0.15, 0.2) is 17.3 Å². The lowest BCUT2D eigenvalue weighted by atomic mass is 9.88. The second kappa shape index (κ2) is 16.3. The third-order valence-electron chi connectivity index (χ3n) is 12.0.